The molecule has 0 aliphatic carbocycles. The van der Waals surface area contributed by atoms with Gasteiger partial charge in [0.05, 0.1) is 6.04 Å². The molecular weight excluding hydrogens is 320 g/mol. The molecule has 132 valence electrons. The number of aromatic nitrogens is 2. The van der Waals surface area contributed by atoms with Gasteiger partial charge in [0.15, 0.2) is 5.82 Å². The predicted molar refractivity (Wildman–Crippen MR) is 90.6 cm³/mol. The number of likely N-dealkylation sites (tertiary alicyclic amines) is 2. The van der Waals surface area contributed by atoms with Crippen LogP contribution in [0.5, 0.6) is 0 Å². The molecule has 0 bridgehead atoms. The summed E-state index contributed by atoms with van der Waals surface area (Å²) in [6.07, 6.45) is 0.939. The van der Waals surface area contributed by atoms with Crippen LogP contribution < -0.4 is 0 Å². The van der Waals surface area contributed by atoms with Gasteiger partial charge >= 0.3 is 0 Å². The van der Waals surface area contributed by atoms with Crippen molar-refractivity contribution in [1.82, 2.24) is 19.9 Å². The lowest BCUT2D eigenvalue weighted by Gasteiger charge is -2.48. The molecule has 2 saturated heterocycles. The van der Waals surface area contributed by atoms with Gasteiger partial charge in [0.1, 0.15) is 6.61 Å². The van der Waals surface area contributed by atoms with Gasteiger partial charge in [-0.05, 0) is 25.6 Å². The Kier molecular flexibility index (Phi) is 4.05. The monoisotopic (exact) mass is 342 g/mol. The summed E-state index contributed by atoms with van der Waals surface area (Å²) in [7, 11) is 3.63. The van der Waals surface area contributed by atoms with Gasteiger partial charge in [-0.15, -0.1) is 0 Å². The third-order valence-corrected chi connectivity index (χ3v) is 5.18. The number of benzene rings is 1. The number of amides is 1. The molecule has 2 fully saturated rings. The normalized spacial score (nSPS) is 22.3. The molecule has 3 heterocycles. The summed E-state index contributed by atoms with van der Waals surface area (Å²) in [4.78, 5) is 20.6. The van der Waals surface area contributed by atoms with Crippen LogP contribution in [-0.2, 0) is 9.53 Å². The molecule has 7 heteroatoms. The molecule has 0 saturated carbocycles. The van der Waals surface area contributed by atoms with Gasteiger partial charge < -0.3 is 14.2 Å². The summed E-state index contributed by atoms with van der Waals surface area (Å²) in [6, 6.07) is 9.92. The minimum absolute atomic E-state index is 0.0603. The van der Waals surface area contributed by atoms with Crippen molar-refractivity contribution in [1.29, 1.82) is 0 Å². The van der Waals surface area contributed by atoms with Gasteiger partial charge in [0.25, 0.3) is 5.89 Å². The Morgan fingerprint density at radius 3 is 2.80 bits per heavy atom. The van der Waals surface area contributed by atoms with Gasteiger partial charge in [0, 0.05) is 37.7 Å². The van der Waals surface area contributed by atoms with Gasteiger partial charge in [-0.25, -0.2) is 0 Å². The average Bonchev–Trinajstić information content (AvgIpc) is 3.19. The van der Waals surface area contributed by atoms with Crippen LogP contribution >= 0.6 is 0 Å². The largest absolute Gasteiger partial charge is 0.375 e. The molecule has 1 aromatic heterocycles. The van der Waals surface area contributed by atoms with Crippen molar-refractivity contribution in [3.63, 3.8) is 0 Å². The molecule has 1 unspecified atom stereocenters. The van der Waals surface area contributed by atoms with E-state index in [-0.39, 0.29) is 24.0 Å². The molecule has 7 nitrogen and oxygen atoms in total. The second-order valence-corrected chi connectivity index (χ2v) is 7.14. The van der Waals surface area contributed by atoms with Gasteiger partial charge in [-0.1, -0.05) is 23.4 Å². The van der Waals surface area contributed by atoms with Crippen molar-refractivity contribution in [2.45, 2.75) is 12.5 Å². The van der Waals surface area contributed by atoms with E-state index >= 15 is 0 Å². The Bertz CT molecular complexity index is 755. The highest BCUT2D eigenvalue weighted by Crippen LogP contribution is 2.47. The minimum Gasteiger partial charge on any atom is -0.375 e. The fourth-order valence-corrected chi connectivity index (χ4v) is 4.01. The molecule has 1 atom stereocenters. The molecule has 2 aliphatic heterocycles. The number of hydrogen-bond acceptors (Lipinski definition) is 6. The predicted octanol–water partition coefficient (Wildman–Crippen LogP) is 1.59. The topological polar surface area (TPSA) is 71.7 Å². The van der Waals surface area contributed by atoms with Gasteiger partial charge in [0.2, 0.25) is 5.91 Å². The van der Waals surface area contributed by atoms with Crippen LogP contribution in [0.3, 0.4) is 0 Å². The van der Waals surface area contributed by atoms with Crippen LogP contribution in [0.15, 0.2) is 34.9 Å². The summed E-state index contributed by atoms with van der Waals surface area (Å²) in [6.45, 7) is 2.64. The van der Waals surface area contributed by atoms with E-state index in [2.05, 4.69) is 22.1 Å². The first-order valence-corrected chi connectivity index (χ1v) is 8.46. The Hall–Kier alpha value is -2.25. The summed E-state index contributed by atoms with van der Waals surface area (Å²) in [5.74, 6) is 1.33. The van der Waals surface area contributed by atoms with E-state index in [0.717, 1.165) is 37.4 Å². The maximum absolute atomic E-state index is 11.9. The second-order valence-electron chi connectivity index (χ2n) is 7.14. The first-order valence-electron chi connectivity index (χ1n) is 8.46. The number of ether oxygens (including phenoxy) is 1. The van der Waals surface area contributed by atoms with E-state index in [9.17, 15) is 4.79 Å². The molecule has 1 amide bonds. The summed E-state index contributed by atoms with van der Waals surface area (Å²) < 4.78 is 10.4. The van der Waals surface area contributed by atoms with Crippen molar-refractivity contribution < 1.29 is 14.1 Å². The highest BCUT2D eigenvalue weighted by molar-refractivity contribution is 5.78. The first-order chi connectivity index (χ1) is 12.1. The highest BCUT2D eigenvalue weighted by atomic mass is 16.5. The molecule has 1 spiro atoms. The van der Waals surface area contributed by atoms with E-state index in [1.54, 1.807) is 7.11 Å². The standard InChI is InChI=1S/C18H22N4O3/c1-21-10-18(11-22(12-18)15(23)9-24-2)8-14(21)16-19-17(25-20-16)13-6-4-3-5-7-13/h3-7,14H,8-12H2,1-2H3. The van der Waals surface area contributed by atoms with Crippen molar-refractivity contribution >= 4 is 5.91 Å². The smallest absolute Gasteiger partial charge is 0.257 e. The van der Waals surface area contributed by atoms with E-state index < -0.39 is 0 Å². The van der Waals surface area contributed by atoms with Crippen LogP contribution in [0.4, 0.5) is 0 Å². The zero-order valence-corrected chi connectivity index (χ0v) is 14.5. The minimum atomic E-state index is 0.0603. The molecule has 0 radical (unpaired) electrons. The molecule has 2 aromatic rings. The molecule has 4 rings (SSSR count). The Labute approximate surface area is 146 Å². The Morgan fingerprint density at radius 1 is 1.32 bits per heavy atom. The Morgan fingerprint density at radius 2 is 2.08 bits per heavy atom. The summed E-state index contributed by atoms with van der Waals surface area (Å²) in [5, 5.41) is 4.20. The molecule has 1 aromatic carbocycles. The van der Waals surface area contributed by atoms with Crippen LogP contribution in [0.25, 0.3) is 11.5 Å². The first kappa shape index (κ1) is 16.2. The van der Waals surface area contributed by atoms with Crippen LogP contribution in [-0.4, -0.2) is 66.2 Å². The van der Waals surface area contributed by atoms with Crippen molar-refractivity contribution in [2.24, 2.45) is 5.41 Å². The second kappa shape index (κ2) is 6.24. The zero-order chi connectivity index (χ0) is 17.4. The third-order valence-electron chi connectivity index (χ3n) is 5.18. The number of methoxy groups -OCH3 is 1. The number of hydrogen-bond donors (Lipinski definition) is 0. The highest BCUT2D eigenvalue weighted by Gasteiger charge is 2.52. The van der Waals surface area contributed by atoms with Crippen LogP contribution in [0.1, 0.15) is 18.3 Å². The lowest BCUT2D eigenvalue weighted by Crippen LogP contribution is -2.60. The maximum atomic E-state index is 11.9. The van der Waals surface area contributed by atoms with Gasteiger partial charge in [-0.3, -0.25) is 9.69 Å². The van der Waals surface area contributed by atoms with E-state index in [4.69, 9.17) is 9.26 Å². The third kappa shape index (κ3) is 2.94. The van der Waals surface area contributed by atoms with E-state index in [1.807, 2.05) is 35.2 Å². The lowest BCUT2D eigenvalue weighted by molar-refractivity contribution is -0.146. The maximum Gasteiger partial charge on any atom is 0.257 e. The quantitative estimate of drug-likeness (QED) is 0.840. The number of carbonyl (C=O) groups excluding carboxylic acids is 1. The van der Waals surface area contributed by atoms with E-state index in [0.29, 0.717) is 5.89 Å². The van der Waals surface area contributed by atoms with Gasteiger partial charge in [-0.2, -0.15) is 4.98 Å². The average molecular weight is 342 g/mol. The van der Waals surface area contributed by atoms with Crippen LogP contribution in [0.2, 0.25) is 0 Å². The summed E-state index contributed by atoms with van der Waals surface area (Å²) >= 11 is 0. The Balaban J connectivity index is 1.45. The zero-order valence-electron chi connectivity index (χ0n) is 14.5. The number of carbonyl (C=O) groups is 1. The van der Waals surface area contributed by atoms with Crippen molar-refractivity contribution in [3.05, 3.63) is 36.2 Å². The van der Waals surface area contributed by atoms with Crippen LogP contribution in [0, 0.1) is 5.41 Å². The molecule has 2 aliphatic rings. The lowest BCUT2D eigenvalue weighted by atomic mass is 9.77. The number of nitrogens with zero attached hydrogens (tertiary/aromatic N) is 4. The van der Waals surface area contributed by atoms with E-state index in [1.165, 1.54) is 0 Å². The molecular formula is C18H22N4O3. The van der Waals surface area contributed by atoms with Crippen molar-refractivity contribution in [2.75, 3.05) is 40.4 Å². The molecule has 0 N–H and O–H groups in total. The summed E-state index contributed by atoms with van der Waals surface area (Å²) in [5.41, 5.74) is 1.06. The SMILES string of the molecule is COCC(=O)N1CC2(CC(c3noc(-c4ccccc4)n3)N(C)C2)C1. The number of rotatable bonds is 4. The molecule has 25 heavy (non-hydrogen) atoms. The fourth-order valence-electron chi connectivity index (χ4n) is 4.01. The fraction of sp³-hybridized carbons (Fsp3) is 0.500. The van der Waals surface area contributed by atoms with Crippen molar-refractivity contribution in [3.8, 4) is 11.5 Å².